The molecule has 3 aliphatic rings. The molecule has 0 aromatic heterocycles. The van der Waals surface area contributed by atoms with Crippen LogP contribution in [0.15, 0.2) is 18.2 Å². The number of hydrogen-bond acceptors (Lipinski definition) is 3. The minimum atomic E-state index is -1.89. The van der Waals surface area contributed by atoms with Crippen LogP contribution < -0.4 is 4.74 Å². The van der Waals surface area contributed by atoms with Crippen LogP contribution in [-0.4, -0.2) is 27.8 Å². The largest absolute Gasteiger partial charge is 0.497 e. The third-order valence-electron chi connectivity index (χ3n) is 9.89. The molecule has 0 N–H and O–H groups in total. The van der Waals surface area contributed by atoms with Gasteiger partial charge in [-0.2, -0.15) is 0 Å². The van der Waals surface area contributed by atoms with Crippen LogP contribution in [0.4, 0.5) is 0 Å². The van der Waals surface area contributed by atoms with Crippen molar-refractivity contribution in [1.82, 2.24) is 0 Å². The number of ether oxygens (including phenoxy) is 1. The highest BCUT2D eigenvalue weighted by atomic mass is 28.4. The standard InChI is InChI=1S/C28H44O3Si/c1-27(2,3)32(6,7)31-26-20(9-8-16-29)18-25-24-12-10-19-17-21(30-5)11-13-22(19)23(24)14-15-28(25,26)4/h11,13,16-17,20,23-26H,8-10,12,14-15,18H2,1-7H3/t20-,23-,24-,25+,26+,28+/m1/s1. The number of rotatable bonds is 6. The molecule has 0 bridgehead atoms. The van der Waals surface area contributed by atoms with Crippen molar-refractivity contribution < 1.29 is 14.0 Å². The summed E-state index contributed by atoms with van der Waals surface area (Å²) >= 11 is 0. The third-order valence-corrected chi connectivity index (χ3v) is 14.3. The molecular weight excluding hydrogens is 412 g/mol. The fourth-order valence-electron chi connectivity index (χ4n) is 7.10. The van der Waals surface area contributed by atoms with Crippen molar-refractivity contribution in [1.29, 1.82) is 0 Å². The first-order chi connectivity index (χ1) is 15.0. The lowest BCUT2D eigenvalue weighted by Gasteiger charge is -2.52. The van der Waals surface area contributed by atoms with Crippen molar-refractivity contribution in [2.45, 2.75) is 103 Å². The molecule has 0 spiro atoms. The number of fused-ring (bicyclic) bond motifs is 5. The van der Waals surface area contributed by atoms with Gasteiger partial charge in [0.05, 0.1) is 13.2 Å². The molecule has 0 saturated heterocycles. The van der Waals surface area contributed by atoms with Gasteiger partial charge >= 0.3 is 0 Å². The Labute approximate surface area is 196 Å². The molecule has 4 heteroatoms. The van der Waals surface area contributed by atoms with Crippen molar-refractivity contribution in [3.63, 3.8) is 0 Å². The van der Waals surface area contributed by atoms with Gasteiger partial charge in [0.2, 0.25) is 0 Å². The summed E-state index contributed by atoms with van der Waals surface area (Å²) in [6.07, 6.45) is 9.23. The SMILES string of the molecule is COc1ccc2c(c1)CC[C@@H]1[C@@H]2CC[C@@]2(C)[C@H]1C[C@@H](CCC=O)[C@@H]2O[Si](C)(C)C(C)(C)C. The summed E-state index contributed by atoms with van der Waals surface area (Å²) in [7, 11) is -0.124. The highest BCUT2D eigenvalue weighted by Crippen LogP contribution is 2.64. The van der Waals surface area contributed by atoms with Gasteiger partial charge in [0.25, 0.3) is 0 Å². The molecule has 2 saturated carbocycles. The first-order valence-electron chi connectivity index (χ1n) is 12.8. The number of carbonyl (C=O) groups is 1. The van der Waals surface area contributed by atoms with Gasteiger partial charge in [0.15, 0.2) is 8.32 Å². The summed E-state index contributed by atoms with van der Waals surface area (Å²) in [5.74, 6) is 3.60. The summed E-state index contributed by atoms with van der Waals surface area (Å²) in [5, 5.41) is 0.205. The van der Waals surface area contributed by atoms with Crippen molar-refractivity contribution in [3.05, 3.63) is 29.3 Å². The number of carbonyl (C=O) groups excluding carboxylic acids is 1. The number of methoxy groups -OCH3 is 1. The highest BCUT2D eigenvalue weighted by Gasteiger charge is 2.60. The van der Waals surface area contributed by atoms with E-state index in [-0.39, 0.29) is 10.5 Å². The quantitative estimate of drug-likeness (QED) is 0.337. The molecule has 1 aromatic rings. The van der Waals surface area contributed by atoms with Crippen molar-refractivity contribution >= 4 is 14.6 Å². The molecular formula is C28H44O3Si. The topological polar surface area (TPSA) is 35.5 Å². The molecule has 0 radical (unpaired) electrons. The van der Waals surface area contributed by atoms with Gasteiger partial charge in [-0.1, -0.05) is 33.8 Å². The van der Waals surface area contributed by atoms with Gasteiger partial charge in [0.1, 0.15) is 12.0 Å². The Morgan fingerprint density at radius 3 is 2.62 bits per heavy atom. The zero-order valence-corrected chi connectivity index (χ0v) is 22.4. The molecule has 32 heavy (non-hydrogen) atoms. The molecule has 3 aliphatic carbocycles. The van der Waals surface area contributed by atoms with E-state index in [1.165, 1.54) is 31.2 Å². The fraction of sp³-hybridized carbons (Fsp3) is 0.750. The summed E-state index contributed by atoms with van der Waals surface area (Å²) in [4.78, 5) is 11.3. The minimum absolute atomic E-state index is 0.205. The van der Waals surface area contributed by atoms with Gasteiger partial charge in [-0.25, -0.2) is 0 Å². The van der Waals surface area contributed by atoms with Gasteiger partial charge in [-0.15, -0.1) is 0 Å². The Morgan fingerprint density at radius 1 is 1.22 bits per heavy atom. The number of aldehydes is 1. The van der Waals surface area contributed by atoms with Crippen LogP contribution in [0.1, 0.15) is 83.3 Å². The second kappa shape index (κ2) is 8.58. The molecule has 0 unspecified atom stereocenters. The zero-order chi connectivity index (χ0) is 23.3. The van der Waals surface area contributed by atoms with Crippen LogP contribution >= 0.6 is 0 Å². The van der Waals surface area contributed by atoms with Gasteiger partial charge < -0.3 is 14.0 Å². The van der Waals surface area contributed by atoms with E-state index in [4.69, 9.17) is 9.16 Å². The van der Waals surface area contributed by atoms with Crippen LogP contribution in [0.2, 0.25) is 18.1 Å². The maximum Gasteiger partial charge on any atom is 0.192 e. The molecule has 0 heterocycles. The van der Waals surface area contributed by atoms with Crippen LogP contribution in [0, 0.1) is 23.2 Å². The lowest BCUT2D eigenvalue weighted by molar-refractivity contribution is -0.108. The smallest absolute Gasteiger partial charge is 0.192 e. The molecule has 4 rings (SSSR count). The lowest BCUT2D eigenvalue weighted by Crippen LogP contribution is -2.51. The Kier molecular flexibility index (Phi) is 6.43. The first-order valence-corrected chi connectivity index (χ1v) is 15.7. The molecule has 178 valence electrons. The average Bonchev–Trinajstić information content (AvgIpc) is 3.02. The Hall–Kier alpha value is -1.13. The van der Waals surface area contributed by atoms with Crippen LogP contribution in [0.5, 0.6) is 5.75 Å². The molecule has 2 fully saturated rings. The van der Waals surface area contributed by atoms with Gasteiger partial charge in [-0.05, 0) is 109 Å². The maximum atomic E-state index is 11.3. The van der Waals surface area contributed by atoms with Crippen molar-refractivity contribution in [3.8, 4) is 5.75 Å². The zero-order valence-electron chi connectivity index (χ0n) is 21.4. The summed E-state index contributed by atoms with van der Waals surface area (Å²) in [6.45, 7) is 14.4. The summed E-state index contributed by atoms with van der Waals surface area (Å²) in [6, 6.07) is 6.76. The summed E-state index contributed by atoms with van der Waals surface area (Å²) in [5.41, 5.74) is 3.30. The maximum absolute atomic E-state index is 11.3. The third kappa shape index (κ3) is 4.00. The Bertz CT molecular complexity index is 842. The predicted octanol–water partition coefficient (Wildman–Crippen LogP) is 7.15. The van der Waals surface area contributed by atoms with Crippen molar-refractivity contribution in [2.75, 3.05) is 7.11 Å². The van der Waals surface area contributed by atoms with Crippen LogP contribution in [0.3, 0.4) is 0 Å². The molecule has 0 aliphatic heterocycles. The van der Waals surface area contributed by atoms with E-state index >= 15 is 0 Å². The second-order valence-corrected chi connectivity index (χ2v) is 17.3. The molecule has 6 atom stereocenters. The number of hydrogen-bond donors (Lipinski definition) is 0. The van der Waals surface area contributed by atoms with Crippen molar-refractivity contribution in [2.24, 2.45) is 23.2 Å². The Balaban J connectivity index is 1.64. The van der Waals surface area contributed by atoms with E-state index in [9.17, 15) is 4.79 Å². The highest BCUT2D eigenvalue weighted by molar-refractivity contribution is 6.74. The number of aryl methyl sites for hydroxylation is 1. The lowest BCUT2D eigenvalue weighted by atomic mass is 9.55. The fourth-order valence-corrected chi connectivity index (χ4v) is 8.55. The van der Waals surface area contributed by atoms with Gasteiger partial charge in [0, 0.05) is 6.42 Å². The van der Waals surface area contributed by atoms with E-state index in [2.05, 4.69) is 59.0 Å². The summed E-state index contributed by atoms with van der Waals surface area (Å²) < 4.78 is 12.7. The number of benzene rings is 1. The van der Waals surface area contributed by atoms with Crippen LogP contribution in [0.25, 0.3) is 0 Å². The van der Waals surface area contributed by atoms with Gasteiger partial charge in [-0.3, -0.25) is 0 Å². The molecule has 0 amide bonds. The van der Waals surface area contributed by atoms with E-state index in [1.54, 1.807) is 12.7 Å². The monoisotopic (exact) mass is 456 g/mol. The first kappa shape index (κ1) is 24.0. The van der Waals surface area contributed by atoms with E-state index < -0.39 is 8.32 Å². The normalized spacial score (nSPS) is 34.4. The Morgan fingerprint density at radius 2 is 1.97 bits per heavy atom. The minimum Gasteiger partial charge on any atom is -0.497 e. The van der Waals surface area contributed by atoms with E-state index in [1.807, 2.05) is 0 Å². The van der Waals surface area contributed by atoms with E-state index in [0.29, 0.717) is 30.3 Å². The predicted molar refractivity (Wildman–Crippen MR) is 134 cm³/mol. The average molecular weight is 457 g/mol. The molecule has 1 aromatic carbocycles. The second-order valence-electron chi connectivity index (χ2n) is 12.6. The van der Waals surface area contributed by atoms with Crippen LogP contribution in [-0.2, 0) is 15.6 Å². The molecule has 3 nitrogen and oxygen atoms in total. The van der Waals surface area contributed by atoms with E-state index in [0.717, 1.165) is 30.8 Å².